The van der Waals surface area contributed by atoms with Crippen LogP contribution in [0.5, 0.6) is 0 Å². The third kappa shape index (κ3) is 1.98. The van der Waals surface area contributed by atoms with Gasteiger partial charge in [0.2, 0.25) is 0 Å². The van der Waals surface area contributed by atoms with Gasteiger partial charge in [-0.25, -0.2) is 0 Å². The highest BCUT2D eigenvalue weighted by Gasteiger charge is 2.56. The van der Waals surface area contributed by atoms with Gasteiger partial charge in [0, 0.05) is 11.0 Å². The largest absolute Gasteiger partial charge is 0.0906 e. The third-order valence-electron chi connectivity index (χ3n) is 8.18. The molecule has 0 amide bonds. The van der Waals surface area contributed by atoms with Crippen LogP contribution >= 0.6 is 0 Å². The van der Waals surface area contributed by atoms with Gasteiger partial charge >= 0.3 is 0 Å². The molecule has 4 rings (SSSR count). The molecule has 0 aromatic rings. The molecule has 120 valence electrons. The third-order valence-corrected chi connectivity index (χ3v) is 8.18. The maximum absolute atomic E-state index is 8.75. The molecular formula is C19H29N3. The summed E-state index contributed by atoms with van der Waals surface area (Å²) < 4.78 is 0. The number of hydrogen-bond donors (Lipinski definition) is 0. The summed E-state index contributed by atoms with van der Waals surface area (Å²) in [6, 6.07) is 0.265. The molecule has 0 saturated heterocycles. The Balaban J connectivity index is 1.58. The van der Waals surface area contributed by atoms with Gasteiger partial charge in [0.1, 0.15) is 0 Å². The zero-order chi connectivity index (χ0) is 15.4. The van der Waals surface area contributed by atoms with Gasteiger partial charge < -0.3 is 0 Å². The van der Waals surface area contributed by atoms with Gasteiger partial charge in [-0.15, -0.1) is 0 Å². The zero-order valence-electron chi connectivity index (χ0n) is 14.0. The number of nitrogens with zero attached hydrogens (tertiary/aromatic N) is 3. The molecule has 4 aliphatic rings. The molecule has 3 fully saturated rings. The molecule has 0 unspecified atom stereocenters. The Bertz CT molecular complexity index is 535. The second-order valence-corrected chi connectivity index (χ2v) is 8.97. The quantitative estimate of drug-likeness (QED) is 0.251. The fourth-order valence-corrected chi connectivity index (χ4v) is 6.90. The van der Waals surface area contributed by atoms with E-state index in [0.717, 1.165) is 36.5 Å². The highest BCUT2D eigenvalue weighted by molar-refractivity contribution is 5.16. The topological polar surface area (TPSA) is 48.8 Å². The second kappa shape index (κ2) is 5.03. The smallest absolute Gasteiger partial charge is 0.0377 e. The molecule has 3 heteroatoms. The first-order valence-electron chi connectivity index (χ1n) is 9.29. The summed E-state index contributed by atoms with van der Waals surface area (Å²) in [7, 11) is 0. The highest BCUT2D eigenvalue weighted by Crippen LogP contribution is 2.65. The minimum absolute atomic E-state index is 0.265. The van der Waals surface area contributed by atoms with Gasteiger partial charge in [-0.3, -0.25) is 0 Å². The molecular weight excluding hydrogens is 270 g/mol. The summed E-state index contributed by atoms with van der Waals surface area (Å²) in [5.41, 5.74) is 9.75. The van der Waals surface area contributed by atoms with Crippen molar-refractivity contribution in [2.24, 2.45) is 39.6 Å². The van der Waals surface area contributed by atoms with Crippen molar-refractivity contribution in [3.63, 3.8) is 0 Å². The molecule has 22 heavy (non-hydrogen) atoms. The maximum Gasteiger partial charge on any atom is 0.0377 e. The van der Waals surface area contributed by atoms with Crippen LogP contribution in [0.2, 0.25) is 0 Å². The monoisotopic (exact) mass is 299 g/mol. The Morgan fingerprint density at radius 3 is 2.77 bits per heavy atom. The van der Waals surface area contributed by atoms with E-state index in [1.54, 1.807) is 0 Å². The lowest BCUT2D eigenvalue weighted by molar-refractivity contribution is -0.0995. The first-order valence-corrected chi connectivity index (χ1v) is 9.29. The maximum atomic E-state index is 8.75. The fourth-order valence-electron chi connectivity index (χ4n) is 6.90. The van der Waals surface area contributed by atoms with Crippen molar-refractivity contribution in [2.75, 3.05) is 0 Å². The predicted molar refractivity (Wildman–Crippen MR) is 89.2 cm³/mol. The minimum Gasteiger partial charge on any atom is -0.0906 e. The summed E-state index contributed by atoms with van der Waals surface area (Å²) in [5, 5.41) is 4.04. The van der Waals surface area contributed by atoms with Crippen LogP contribution in [0, 0.1) is 34.5 Å². The van der Waals surface area contributed by atoms with Crippen LogP contribution in [0.4, 0.5) is 0 Å². The molecule has 4 aliphatic carbocycles. The van der Waals surface area contributed by atoms with Gasteiger partial charge in [0.05, 0.1) is 0 Å². The molecule has 0 N–H and O–H groups in total. The van der Waals surface area contributed by atoms with Crippen molar-refractivity contribution in [3.05, 3.63) is 22.6 Å². The number of azide groups is 1. The molecule has 0 heterocycles. The van der Waals surface area contributed by atoms with Gasteiger partial charge in [-0.1, -0.05) is 31.1 Å². The average Bonchev–Trinajstić information content (AvgIpc) is 2.89. The van der Waals surface area contributed by atoms with E-state index in [1.165, 1.54) is 38.5 Å². The molecule has 0 aromatic heterocycles. The lowest BCUT2D eigenvalue weighted by atomic mass is 9.45. The Morgan fingerprint density at radius 2 is 1.95 bits per heavy atom. The number of allylic oxidation sites excluding steroid dienone is 2. The van der Waals surface area contributed by atoms with Gasteiger partial charge in [-0.2, -0.15) is 0 Å². The summed E-state index contributed by atoms with van der Waals surface area (Å²) >= 11 is 0. The van der Waals surface area contributed by atoms with E-state index in [2.05, 4.69) is 36.0 Å². The molecule has 0 spiro atoms. The Labute approximate surface area is 134 Å². The lowest BCUT2D eigenvalue weighted by Gasteiger charge is -2.60. The van der Waals surface area contributed by atoms with Gasteiger partial charge in [0.15, 0.2) is 0 Å². The van der Waals surface area contributed by atoms with E-state index in [0.29, 0.717) is 10.8 Å². The molecule has 3 nitrogen and oxygen atoms in total. The number of rotatable bonds is 1. The van der Waals surface area contributed by atoms with Crippen molar-refractivity contribution in [2.45, 2.75) is 71.3 Å². The summed E-state index contributed by atoms with van der Waals surface area (Å²) in [6.45, 7) is 5.08. The van der Waals surface area contributed by atoms with Crippen LogP contribution in [0.3, 0.4) is 0 Å². The van der Waals surface area contributed by atoms with E-state index in [9.17, 15) is 0 Å². The predicted octanol–water partition coefficient (Wildman–Crippen LogP) is 5.87. The number of fused-ring (bicyclic) bond motifs is 5. The van der Waals surface area contributed by atoms with Crippen molar-refractivity contribution >= 4 is 0 Å². The van der Waals surface area contributed by atoms with E-state index in [-0.39, 0.29) is 6.04 Å². The summed E-state index contributed by atoms with van der Waals surface area (Å²) in [4.78, 5) is 3.07. The minimum atomic E-state index is 0.265. The van der Waals surface area contributed by atoms with Crippen LogP contribution in [-0.4, -0.2) is 6.04 Å². The fraction of sp³-hybridized carbons (Fsp3) is 0.895. The highest BCUT2D eigenvalue weighted by atomic mass is 15.1. The van der Waals surface area contributed by atoms with E-state index < -0.39 is 0 Å². The standard InChI is InChI=1S/C19H29N3/c1-18-9-3-4-16(18)15-6-5-13-12-14(21-22-20)7-11-19(13,2)17(15)8-10-18/h3,9,13-17H,4-8,10-12H2,1-2H3/t13-,14+,15+,16-,17+,18-,19-/m0/s1. The number of hydrogen-bond acceptors (Lipinski definition) is 1. The van der Waals surface area contributed by atoms with Crippen LogP contribution in [0.15, 0.2) is 17.3 Å². The first kappa shape index (κ1) is 14.6. The van der Waals surface area contributed by atoms with Crippen LogP contribution < -0.4 is 0 Å². The van der Waals surface area contributed by atoms with Crippen molar-refractivity contribution in [1.29, 1.82) is 0 Å². The van der Waals surface area contributed by atoms with Gasteiger partial charge in [0.25, 0.3) is 0 Å². The van der Waals surface area contributed by atoms with Crippen LogP contribution in [-0.2, 0) is 0 Å². The Morgan fingerprint density at radius 1 is 1.09 bits per heavy atom. The lowest BCUT2D eigenvalue weighted by Crippen LogP contribution is -2.53. The SMILES string of the molecule is C[C@]12CC[C@@H](N=[N+]=[N-])C[C@@H]1CC[C@H]1[C@H]2CC[C@]2(C)C=CC[C@@H]12. The van der Waals surface area contributed by atoms with E-state index in [4.69, 9.17) is 5.53 Å². The summed E-state index contributed by atoms with van der Waals surface area (Å²) in [5.74, 6) is 3.54. The normalized spacial score (nSPS) is 53.1. The van der Waals surface area contributed by atoms with Crippen LogP contribution in [0.1, 0.15) is 65.2 Å². The molecule has 3 saturated carbocycles. The summed E-state index contributed by atoms with van der Waals surface area (Å²) in [6.07, 6.45) is 15.4. The van der Waals surface area contributed by atoms with Gasteiger partial charge in [-0.05, 0) is 91.4 Å². The van der Waals surface area contributed by atoms with E-state index >= 15 is 0 Å². The molecule has 0 radical (unpaired) electrons. The molecule has 0 aliphatic heterocycles. The Hall–Kier alpha value is -0.950. The van der Waals surface area contributed by atoms with Crippen molar-refractivity contribution in [1.82, 2.24) is 0 Å². The van der Waals surface area contributed by atoms with Crippen molar-refractivity contribution < 1.29 is 0 Å². The molecule has 0 bridgehead atoms. The van der Waals surface area contributed by atoms with Crippen LogP contribution in [0.25, 0.3) is 10.4 Å². The first-order chi connectivity index (χ1) is 10.6. The average molecular weight is 299 g/mol. The molecule has 0 aromatic carbocycles. The van der Waals surface area contributed by atoms with Crippen molar-refractivity contribution in [3.8, 4) is 0 Å². The molecule has 7 atom stereocenters. The second-order valence-electron chi connectivity index (χ2n) is 8.97. The van der Waals surface area contributed by atoms with E-state index in [1.807, 2.05) is 0 Å². The zero-order valence-corrected chi connectivity index (χ0v) is 14.0. The Kier molecular flexibility index (Phi) is 3.34.